The van der Waals surface area contributed by atoms with Crippen molar-refractivity contribution in [3.8, 4) is 0 Å². The predicted molar refractivity (Wildman–Crippen MR) is 78.4 cm³/mol. The van der Waals surface area contributed by atoms with E-state index in [1.165, 1.54) is 0 Å². The number of nitrogens with one attached hydrogen (secondary N) is 1. The van der Waals surface area contributed by atoms with Crippen LogP contribution >= 0.6 is 0 Å². The summed E-state index contributed by atoms with van der Waals surface area (Å²) >= 11 is 0. The van der Waals surface area contributed by atoms with Crippen LogP contribution in [0.1, 0.15) is 45.1 Å². The normalized spacial score (nSPS) is 12.3. The average molecular weight is 264 g/mol. The first-order valence-corrected chi connectivity index (χ1v) is 7.14. The molecule has 0 bridgehead atoms. The summed E-state index contributed by atoms with van der Waals surface area (Å²) in [6.07, 6.45) is 5.08. The van der Waals surface area contributed by atoms with Gasteiger partial charge in [0.2, 0.25) is 0 Å². The van der Waals surface area contributed by atoms with Gasteiger partial charge in [0.15, 0.2) is 0 Å². The lowest BCUT2D eigenvalue weighted by Crippen LogP contribution is -2.29. The largest absolute Gasteiger partial charge is 0.314 e. The van der Waals surface area contributed by atoms with E-state index in [9.17, 15) is 10.1 Å². The van der Waals surface area contributed by atoms with Gasteiger partial charge in [0, 0.05) is 17.7 Å². The molecule has 19 heavy (non-hydrogen) atoms. The lowest BCUT2D eigenvalue weighted by molar-refractivity contribution is -0.385. The molecular formula is C15H24N2O2. The molecule has 1 unspecified atom stereocenters. The van der Waals surface area contributed by atoms with Crippen LogP contribution in [-0.2, 0) is 6.42 Å². The van der Waals surface area contributed by atoms with Gasteiger partial charge in [-0.3, -0.25) is 10.1 Å². The standard InChI is InChI=1S/C15H24N2O2/c1-3-12-16-14(4-2)10-7-9-13-8-5-6-11-15(13)17(18)19/h5-6,8,11,14,16H,3-4,7,9-10,12H2,1-2H3. The summed E-state index contributed by atoms with van der Waals surface area (Å²) in [6, 6.07) is 7.57. The molecule has 1 N–H and O–H groups in total. The first kappa shape index (κ1) is 15.6. The maximum Gasteiger partial charge on any atom is 0.272 e. The zero-order valence-electron chi connectivity index (χ0n) is 11.9. The predicted octanol–water partition coefficient (Wildman–Crippen LogP) is 3.70. The average Bonchev–Trinajstić information content (AvgIpc) is 2.43. The molecule has 0 radical (unpaired) electrons. The van der Waals surface area contributed by atoms with Crippen LogP contribution in [0.4, 0.5) is 5.69 Å². The van der Waals surface area contributed by atoms with Crippen molar-refractivity contribution >= 4 is 5.69 Å². The summed E-state index contributed by atoms with van der Waals surface area (Å²) in [5, 5.41) is 14.4. The molecule has 4 nitrogen and oxygen atoms in total. The van der Waals surface area contributed by atoms with Crippen molar-refractivity contribution in [2.45, 2.75) is 52.0 Å². The molecular weight excluding hydrogens is 240 g/mol. The Morgan fingerprint density at radius 1 is 1.32 bits per heavy atom. The molecule has 4 heteroatoms. The molecule has 0 spiro atoms. The highest BCUT2D eigenvalue weighted by molar-refractivity contribution is 5.39. The topological polar surface area (TPSA) is 55.2 Å². The Hall–Kier alpha value is -1.42. The Balaban J connectivity index is 2.46. The third-order valence-electron chi connectivity index (χ3n) is 3.36. The molecule has 0 aliphatic carbocycles. The van der Waals surface area contributed by atoms with E-state index in [1.54, 1.807) is 12.1 Å². The minimum Gasteiger partial charge on any atom is -0.314 e. The molecule has 0 saturated heterocycles. The molecule has 1 atom stereocenters. The molecule has 0 heterocycles. The molecule has 0 fully saturated rings. The van der Waals surface area contributed by atoms with Crippen molar-refractivity contribution in [2.24, 2.45) is 0 Å². The van der Waals surface area contributed by atoms with E-state index >= 15 is 0 Å². The molecule has 0 saturated carbocycles. The Morgan fingerprint density at radius 2 is 2.05 bits per heavy atom. The fourth-order valence-corrected chi connectivity index (χ4v) is 2.24. The maximum atomic E-state index is 10.9. The molecule has 1 aromatic carbocycles. The highest BCUT2D eigenvalue weighted by Gasteiger charge is 2.12. The van der Waals surface area contributed by atoms with Crippen LogP contribution in [0, 0.1) is 10.1 Å². The van der Waals surface area contributed by atoms with Crippen LogP contribution in [-0.4, -0.2) is 17.5 Å². The van der Waals surface area contributed by atoms with Crippen LogP contribution in [0.3, 0.4) is 0 Å². The molecule has 106 valence electrons. The summed E-state index contributed by atoms with van der Waals surface area (Å²) < 4.78 is 0. The van der Waals surface area contributed by atoms with Crippen molar-refractivity contribution in [2.75, 3.05) is 6.54 Å². The summed E-state index contributed by atoms with van der Waals surface area (Å²) in [6.45, 7) is 5.38. The van der Waals surface area contributed by atoms with Gasteiger partial charge in [-0.1, -0.05) is 32.0 Å². The van der Waals surface area contributed by atoms with Crippen molar-refractivity contribution in [1.82, 2.24) is 5.32 Å². The van der Waals surface area contributed by atoms with Crippen molar-refractivity contribution in [1.29, 1.82) is 0 Å². The van der Waals surface area contributed by atoms with E-state index in [2.05, 4.69) is 19.2 Å². The number of nitro groups is 1. The second-order valence-electron chi connectivity index (χ2n) is 4.84. The van der Waals surface area contributed by atoms with E-state index in [1.807, 2.05) is 12.1 Å². The molecule has 0 aliphatic heterocycles. The molecule has 0 amide bonds. The number of rotatable bonds is 9. The van der Waals surface area contributed by atoms with Crippen molar-refractivity contribution in [3.05, 3.63) is 39.9 Å². The minimum absolute atomic E-state index is 0.247. The minimum atomic E-state index is -0.290. The Bertz CT molecular complexity index is 393. The van der Waals surface area contributed by atoms with Crippen molar-refractivity contribution in [3.63, 3.8) is 0 Å². The fourth-order valence-electron chi connectivity index (χ4n) is 2.24. The van der Waals surface area contributed by atoms with Gasteiger partial charge >= 0.3 is 0 Å². The number of hydrogen-bond donors (Lipinski definition) is 1. The van der Waals surface area contributed by atoms with Crippen LogP contribution < -0.4 is 5.32 Å². The highest BCUT2D eigenvalue weighted by atomic mass is 16.6. The molecule has 0 aliphatic rings. The van der Waals surface area contributed by atoms with E-state index in [-0.39, 0.29) is 10.6 Å². The monoisotopic (exact) mass is 264 g/mol. The van der Waals surface area contributed by atoms with E-state index in [0.717, 1.165) is 44.2 Å². The summed E-state index contributed by atoms with van der Waals surface area (Å²) in [4.78, 5) is 10.6. The summed E-state index contributed by atoms with van der Waals surface area (Å²) in [5.74, 6) is 0. The number of aryl methyl sites for hydroxylation is 1. The number of hydrogen-bond acceptors (Lipinski definition) is 3. The van der Waals surface area contributed by atoms with Gasteiger partial charge in [0.05, 0.1) is 4.92 Å². The number of benzene rings is 1. The maximum absolute atomic E-state index is 10.9. The SMILES string of the molecule is CCCNC(CC)CCCc1ccccc1[N+](=O)[O-]. The van der Waals surface area contributed by atoms with Crippen LogP contribution in [0.15, 0.2) is 24.3 Å². The van der Waals surface area contributed by atoms with Gasteiger partial charge in [0.1, 0.15) is 0 Å². The first-order chi connectivity index (χ1) is 9.19. The molecule has 1 aromatic rings. The Labute approximate surface area is 115 Å². The number of nitro benzene ring substituents is 1. The van der Waals surface area contributed by atoms with Crippen LogP contribution in [0.25, 0.3) is 0 Å². The van der Waals surface area contributed by atoms with Gasteiger partial charge in [-0.25, -0.2) is 0 Å². The van der Waals surface area contributed by atoms with E-state index < -0.39 is 0 Å². The van der Waals surface area contributed by atoms with E-state index in [0.29, 0.717) is 6.04 Å². The lowest BCUT2D eigenvalue weighted by atomic mass is 10.0. The highest BCUT2D eigenvalue weighted by Crippen LogP contribution is 2.20. The second kappa shape index (κ2) is 8.64. The zero-order valence-corrected chi connectivity index (χ0v) is 11.9. The fraction of sp³-hybridized carbons (Fsp3) is 0.600. The third-order valence-corrected chi connectivity index (χ3v) is 3.36. The third kappa shape index (κ3) is 5.39. The van der Waals surface area contributed by atoms with E-state index in [4.69, 9.17) is 0 Å². The Kier molecular flexibility index (Phi) is 7.11. The van der Waals surface area contributed by atoms with Gasteiger partial charge in [-0.05, 0) is 38.6 Å². The lowest BCUT2D eigenvalue weighted by Gasteiger charge is -2.16. The number of nitrogens with zero attached hydrogens (tertiary/aromatic N) is 1. The first-order valence-electron chi connectivity index (χ1n) is 7.14. The van der Waals surface area contributed by atoms with Gasteiger partial charge in [-0.15, -0.1) is 0 Å². The quantitative estimate of drug-likeness (QED) is 0.546. The molecule has 0 aromatic heterocycles. The number of para-hydroxylation sites is 1. The van der Waals surface area contributed by atoms with Gasteiger partial charge < -0.3 is 5.32 Å². The molecule has 1 rings (SSSR count). The van der Waals surface area contributed by atoms with Gasteiger partial charge in [-0.2, -0.15) is 0 Å². The Morgan fingerprint density at radius 3 is 2.68 bits per heavy atom. The summed E-state index contributed by atoms with van der Waals surface area (Å²) in [5.41, 5.74) is 1.09. The van der Waals surface area contributed by atoms with Crippen LogP contribution in [0.2, 0.25) is 0 Å². The van der Waals surface area contributed by atoms with Crippen molar-refractivity contribution < 1.29 is 4.92 Å². The summed E-state index contributed by atoms with van der Waals surface area (Å²) in [7, 11) is 0. The zero-order chi connectivity index (χ0) is 14.1. The van der Waals surface area contributed by atoms with Gasteiger partial charge in [0.25, 0.3) is 5.69 Å². The van der Waals surface area contributed by atoms with Crippen LogP contribution in [0.5, 0.6) is 0 Å². The smallest absolute Gasteiger partial charge is 0.272 e. The second-order valence-corrected chi connectivity index (χ2v) is 4.84.